The van der Waals surface area contributed by atoms with Gasteiger partial charge in [-0.05, 0) is 14.0 Å². The highest BCUT2D eigenvalue weighted by atomic mass is 32.2. The highest BCUT2D eigenvalue weighted by Gasteiger charge is 2.28. The molecular formula is C12H20N6O2S. The van der Waals surface area contributed by atoms with Gasteiger partial charge in [0.2, 0.25) is 10.0 Å². The van der Waals surface area contributed by atoms with Crippen molar-refractivity contribution in [2.75, 3.05) is 14.1 Å². The highest BCUT2D eigenvalue weighted by molar-refractivity contribution is 7.89. The van der Waals surface area contributed by atoms with Crippen LogP contribution >= 0.6 is 0 Å². The van der Waals surface area contributed by atoms with Gasteiger partial charge >= 0.3 is 0 Å². The third kappa shape index (κ3) is 2.99. The summed E-state index contributed by atoms with van der Waals surface area (Å²) in [4.78, 5) is 4.38. The lowest BCUT2D eigenvalue weighted by Gasteiger charge is -2.17. The maximum Gasteiger partial charge on any atom is 0.246 e. The molecule has 0 unspecified atom stereocenters. The molecule has 0 amide bonds. The van der Waals surface area contributed by atoms with Crippen molar-refractivity contribution in [3.63, 3.8) is 0 Å². The quantitative estimate of drug-likeness (QED) is 0.782. The standard InChI is InChI=1S/C12H20N6O2S/c1-9-12(10(7-13-2)16-15-9)21(19,20)18(4)8-11-14-5-6-17(11)3/h5-6,13H,7-8H2,1-4H3,(H,15,16). The van der Waals surface area contributed by atoms with Crippen LogP contribution in [0.25, 0.3) is 0 Å². The zero-order chi connectivity index (χ0) is 15.6. The molecule has 0 aliphatic carbocycles. The van der Waals surface area contributed by atoms with E-state index >= 15 is 0 Å². The predicted molar refractivity (Wildman–Crippen MR) is 77.9 cm³/mol. The number of sulfonamides is 1. The third-order valence-electron chi connectivity index (χ3n) is 3.26. The fraction of sp³-hybridized carbons (Fsp3) is 0.500. The summed E-state index contributed by atoms with van der Waals surface area (Å²) >= 11 is 0. The van der Waals surface area contributed by atoms with Crippen molar-refractivity contribution < 1.29 is 8.42 Å². The molecule has 2 heterocycles. The summed E-state index contributed by atoms with van der Waals surface area (Å²) in [6.45, 7) is 2.29. The maximum absolute atomic E-state index is 12.7. The molecule has 2 aromatic heterocycles. The second-order valence-electron chi connectivity index (χ2n) is 4.87. The lowest BCUT2D eigenvalue weighted by molar-refractivity contribution is 0.450. The summed E-state index contributed by atoms with van der Waals surface area (Å²) in [6, 6.07) is 0. The topological polar surface area (TPSA) is 95.9 Å². The Bertz CT molecular complexity index is 718. The van der Waals surface area contributed by atoms with Gasteiger partial charge in [0.25, 0.3) is 0 Å². The molecule has 2 aromatic rings. The Labute approximate surface area is 124 Å². The number of aryl methyl sites for hydroxylation is 2. The molecule has 0 saturated heterocycles. The van der Waals surface area contributed by atoms with E-state index in [-0.39, 0.29) is 11.4 Å². The molecule has 0 aliphatic rings. The summed E-state index contributed by atoms with van der Waals surface area (Å²) in [5.41, 5.74) is 1.02. The molecule has 0 spiro atoms. The Balaban J connectivity index is 2.33. The van der Waals surface area contributed by atoms with Crippen LogP contribution < -0.4 is 5.32 Å². The van der Waals surface area contributed by atoms with E-state index < -0.39 is 10.0 Å². The zero-order valence-electron chi connectivity index (χ0n) is 12.6. The lowest BCUT2D eigenvalue weighted by Crippen LogP contribution is -2.29. The monoisotopic (exact) mass is 312 g/mol. The molecule has 116 valence electrons. The van der Waals surface area contributed by atoms with Crippen molar-refractivity contribution in [3.8, 4) is 0 Å². The van der Waals surface area contributed by atoms with Crippen LogP contribution in [0.4, 0.5) is 0 Å². The number of rotatable bonds is 6. The second-order valence-corrected chi connectivity index (χ2v) is 6.85. The van der Waals surface area contributed by atoms with E-state index in [2.05, 4.69) is 20.5 Å². The van der Waals surface area contributed by atoms with Crippen molar-refractivity contribution in [1.82, 2.24) is 29.4 Å². The Morgan fingerprint density at radius 2 is 2.19 bits per heavy atom. The van der Waals surface area contributed by atoms with Crippen LogP contribution in [0.3, 0.4) is 0 Å². The summed E-state index contributed by atoms with van der Waals surface area (Å²) in [6.07, 6.45) is 3.43. The van der Waals surface area contributed by atoms with Crippen molar-refractivity contribution in [1.29, 1.82) is 0 Å². The van der Waals surface area contributed by atoms with Gasteiger partial charge in [-0.2, -0.15) is 9.40 Å². The number of hydrogen-bond donors (Lipinski definition) is 2. The average molecular weight is 312 g/mol. The fourth-order valence-electron chi connectivity index (χ4n) is 2.09. The van der Waals surface area contributed by atoms with E-state index in [4.69, 9.17) is 0 Å². The fourth-order valence-corrected chi connectivity index (χ4v) is 3.53. The van der Waals surface area contributed by atoms with Crippen molar-refractivity contribution in [2.45, 2.75) is 24.9 Å². The number of aromatic amines is 1. The normalized spacial score (nSPS) is 12.2. The van der Waals surface area contributed by atoms with Crippen LogP contribution in [0.5, 0.6) is 0 Å². The molecule has 0 saturated carbocycles. The molecular weight excluding hydrogens is 292 g/mol. The molecule has 0 fully saturated rings. The average Bonchev–Trinajstić information content (AvgIpc) is 2.97. The molecule has 21 heavy (non-hydrogen) atoms. The highest BCUT2D eigenvalue weighted by Crippen LogP contribution is 2.22. The first kappa shape index (κ1) is 15.7. The Morgan fingerprint density at radius 3 is 2.76 bits per heavy atom. The molecule has 0 radical (unpaired) electrons. The summed E-state index contributed by atoms with van der Waals surface area (Å²) < 4.78 is 28.6. The number of imidazole rings is 1. The number of aromatic nitrogens is 4. The third-order valence-corrected chi connectivity index (χ3v) is 5.27. The van der Waals surface area contributed by atoms with Gasteiger partial charge in [-0.3, -0.25) is 5.10 Å². The van der Waals surface area contributed by atoms with Gasteiger partial charge in [-0.15, -0.1) is 0 Å². The van der Waals surface area contributed by atoms with E-state index in [0.717, 1.165) is 0 Å². The van der Waals surface area contributed by atoms with Crippen LogP contribution in [-0.2, 0) is 30.2 Å². The van der Waals surface area contributed by atoms with Gasteiger partial charge in [0.15, 0.2) is 0 Å². The molecule has 9 heteroatoms. The summed E-state index contributed by atoms with van der Waals surface area (Å²) in [5.74, 6) is 0.678. The minimum Gasteiger partial charge on any atom is -0.337 e. The van der Waals surface area contributed by atoms with Gasteiger partial charge in [-0.25, -0.2) is 13.4 Å². The molecule has 0 bridgehead atoms. The molecule has 0 aromatic carbocycles. The molecule has 2 rings (SSSR count). The van der Waals surface area contributed by atoms with Gasteiger partial charge in [0.1, 0.15) is 10.7 Å². The minimum atomic E-state index is -3.63. The first-order chi connectivity index (χ1) is 9.87. The Hall–Kier alpha value is -1.71. The van der Waals surface area contributed by atoms with E-state index in [1.807, 2.05) is 7.05 Å². The number of hydrogen-bond acceptors (Lipinski definition) is 5. The number of H-pyrrole nitrogens is 1. The van der Waals surface area contributed by atoms with Crippen LogP contribution in [0.15, 0.2) is 17.3 Å². The van der Waals surface area contributed by atoms with Gasteiger partial charge in [0.05, 0.1) is 17.9 Å². The first-order valence-corrected chi connectivity index (χ1v) is 7.93. The van der Waals surface area contributed by atoms with Gasteiger partial charge < -0.3 is 9.88 Å². The van der Waals surface area contributed by atoms with E-state index in [1.165, 1.54) is 4.31 Å². The summed E-state index contributed by atoms with van der Waals surface area (Å²) in [7, 11) is 1.50. The van der Waals surface area contributed by atoms with Crippen molar-refractivity contribution in [3.05, 3.63) is 29.6 Å². The summed E-state index contributed by atoms with van der Waals surface area (Å²) in [5, 5.41) is 9.71. The van der Waals surface area contributed by atoms with E-state index in [1.54, 1.807) is 38.0 Å². The van der Waals surface area contributed by atoms with E-state index in [0.29, 0.717) is 23.8 Å². The minimum absolute atomic E-state index is 0.204. The van der Waals surface area contributed by atoms with Crippen LogP contribution in [-0.4, -0.2) is 46.6 Å². The maximum atomic E-state index is 12.7. The smallest absolute Gasteiger partial charge is 0.246 e. The first-order valence-electron chi connectivity index (χ1n) is 6.49. The predicted octanol–water partition coefficient (Wildman–Crippen LogP) is -0.00828. The SMILES string of the molecule is CNCc1n[nH]c(C)c1S(=O)(=O)N(C)Cc1nccn1C. The largest absolute Gasteiger partial charge is 0.337 e. The van der Waals surface area contributed by atoms with Gasteiger partial charge in [0, 0.05) is 33.0 Å². The molecule has 0 atom stereocenters. The van der Waals surface area contributed by atoms with E-state index in [9.17, 15) is 8.42 Å². The van der Waals surface area contributed by atoms with Crippen molar-refractivity contribution in [2.24, 2.45) is 7.05 Å². The molecule has 0 aliphatic heterocycles. The number of nitrogens with zero attached hydrogens (tertiary/aromatic N) is 4. The lowest BCUT2D eigenvalue weighted by atomic mass is 10.4. The molecule has 8 nitrogen and oxygen atoms in total. The Morgan fingerprint density at radius 1 is 1.48 bits per heavy atom. The molecule has 2 N–H and O–H groups in total. The second kappa shape index (κ2) is 5.96. The van der Waals surface area contributed by atoms with Crippen LogP contribution in [0.1, 0.15) is 17.2 Å². The van der Waals surface area contributed by atoms with Gasteiger partial charge in [-0.1, -0.05) is 0 Å². The van der Waals surface area contributed by atoms with Crippen LogP contribution in [0.2, 0.25) is 0 Å². The van der Waals surface area contributed by atoms with Crippen LogP contribution in [0, 0.1) is 6.92 Å². The number of nitrogens with one attached hydrogen (secondary N) is 2. The zero-order valence-corrected chi connectivity index (χ0v) is 13.4. The Kier molecular flexibility index (Phi) is 4.45. The van der Waals surface area contributed by atoms with Crippen molar-refractivity contribution >= 4 is 10.0 Å².